The summed E-state index contributed by atoms with van der Waals surface area (Å²) in [5, 5.41) is 14.2. The van der Waals surface area contributed by atoms with Gasteiger partial charge in [0.1, 0.15) is 0 Å². The number of amidine groups is 1. The number of nitrogens with one attached hydrogen (secondary N) is 1. The summed E-state index contributed by atoms with van der Waals surface area (Å²) < 4.78 is 5.32. The Labute approximate surface area is 112 Å². The molecule has 0 bridgehead atoms. The molecular weight excluding hydrogens is 246 g/mol. The van der Waals surface area contributed by atoms with E-state index in [1.54, 1.807) is 24.3 Å². The molecule has 4 N–H and O–H groups in total. The summed E-state index contributed by atoms with van der Waals surface area (Å²) >= 11 is 0. The highest BCUT2D eigenvalue weighted by Gasteiger charge is 2.08. The molecule has 0 saturated heterocycles. The van der Waals surface area contributed by atoms with Gasteiger partial charge in [0.15, 0.2) is 5.84 Å². The van der Waals surface area contributed by atoms with Crippen LogP contribution in [-0.4, -0.2) is 36.2 Å². The maximum atomic E-state index is 11.8. The molecule has 0 aromatic heterocycles. The lowest BCUT2D eigenvalue weighted by Gasteiger charge is -2.12. The molecule has 0 saturated carbocycles. The predicted octanol–water partition coefficient (Wildman–Crippen LogP) is 0.936. The lowest BCUT2D eigenvalue weighted by Crippen LogP contribution is -2.32. The smallest absolute Gasteiger partial charge is 0.251 e. The molecule has 1 aromatic carbocycles. The Hall–Kier alpha value is -2.08. The topological polar surface area (TPSA) is 96.9 Å². The van der Waals surface area contributed by atoms with Crippen molar-refractivity contribution in [3.63, 3.8) is 0 Å². The van der Waals surface area contributed by atoms with Crippen LogP contribution in [0.1, 0.15) is 29.8 Å². The highest BCUT2D eigenvalue weighted by atomic mass is 16.5. The third-order valence-corrected chi connectivity index (χ3v) is 2.55. The first-order chi connectivity index (χ1) is 9.08. The molecule has 104 valence electrons. The molecule has 0 heterocycles. The molecule has 0 aliphatic heterocycles. The molecule has 0 aliphatic rings. The quantitative estimate of drug-likeness (QED) is 0.308. The SMILES string of the molecule is CCOC(C)CNC(=O)c1ccc(/C(N)=N/O)cc1. The van der Waals surface area contributed by atoms with Crippen LogP contribution in [0.5, 0.6) is 0 Å². The van der Waals surface area contributed by atoms with Gasteiger partial charge in [-0.3, -0.25) is 4.79 Å². The Bertz CT molecular complexity index is 443. The molecule has 1 amide bonds. The van der Waals surface area contributed by atoms with Crippen molar-refractivity contribution in [3.8, 4) is 0 Å². The Balaban J connectivity index is 2.58. The molecule has 6 heteroatoms. The van der Waals surface area contributed by atoms with Crippen molar-refractivity contribution in [3.05, 3.63) is 35.4 Å². The van der Waals surface area contributed by atoms with E-state index in [0.717, 1.165) is 0 Å². The Morgan fingerprint density at radius 3 is 2.53 bits per heavy atom. The van der Waals surface area contributed by atoms with Crippen molar-refractivity contribution in [2.45, 2.75) is 20.0 Å². The number of nitrogens with zero attached hydrogens (tertiary/aromatic N) is 1. The molecule has 0 fully saturated rings. The number of rotatable bonds is 6. The summed E-state index contributed by atoms with van der Waals surface area (Å²) in [6, 6.07) is 6.48. The van der Waals surface area contributed by atoms with E-state index >= 15 is 0 Å². The van der Waals surface area contributed by atoms with Crippen molar-refractivity contribution in [2.75, 3.05) is 13.2 Å². The lowest BCUT2D eigenvalue weighted by molar-refractivity contribution is 0.0695. The second-order valence-electron chi connectivity index (χ2n) is 4.04. The van der Waals surface area contributed by atoms with E-state index in [0.29, 0.717) is 24.3 Å². The number of oxime groups is 1. The molecule has 0 radical (unpaired) electrons. The van der Waals surface area contributed by atoms with Crippen LogP contribution in [0, 0.1) is 0 Å². The monoisotopic (exact) mass is 265 g/mol. The van der Waals surface area contributed by atoms with Crippen molar-refractivity contribution in [1.29, 1.82) is 0 Å². The number of hydrogen-bond acceptors (Lipinski definition) is 4. The molecule has 0 spiro atoms. The van der Waals surface area contributed by atoms with Crippen LogP contribution < -0.4 is 11.1 Å². The standard InChI is InChI=1S/C13H19N3O3/c1-3-19-9(2)8-15-13(17)11-6-4-10(5-7-11)12(14)16-18/h4-7,9,18H,3,8H2,1-2H3,(H2,14,16)(H,15,17). The number of ether oxygens (including phenoxy) is 1. The largest absolute Gasteiger partial charge is 0.409 e. The molecule has 6 nitrogen and oxygen atoms in total. The van der Waals surface area contributed by atoms with Gasteiger partial charge in [-0.05, 0) is 26.0 Å². The van der Waals surface area contributed by atoms with E-state index in [-0.39, 0.29) is 17.8 Å². The molecule has 1 atom stereocenters. The highest BCUT2D eigenvalue weighted by Crippen LogP contribution is 2.04. The summed E-state index contributed by atoms with van der Waals surface area (Å²) in [4.78, 5) is 11.8. The van der Waals surface area contributed by atoms with Gasteiger partial charge in [0.05, 0.1) is 6.10 Å². The normalized spacial score (nSPS) is 13.1. The van der Waals surface area contributed by atoms with Crippen LogP contribution in [0.3, 0.4) is 0 Å². The van der Waals surface area contributed by atoms with Gasteiger partial charge >= 0.3 is 0 Å². The van der Waals surface area contributed by atoms with Crippen LogP contribution in [0.15, 0.2) is 29.4 Å². The first-order valence-corrected chi connectivity index (χ1v) is 6.06. The van der Waals surface area contributed by atoms with Crippen LogP contribution in [-0.2, 0) is 4.74 Å². The number of carbonyl (C=O) groups excluding carboxylic acids is 1. The number of amides is 1. The van der Waals surface area contributed by atoms with Crippen molar-refractivity contribution in [1.82, 2.24) is 5.32 Å². The van der Waals surface area contributed by atoms with E-state index < -0.39 is 0 Å². The van der Waals surface area contributed by atoms with Gasteiger partial charge in [-0.1, -0.05) is 17.3 Å². The minimum Gasteiger partial charge on any atom is -0.409 e. The molecule has 19 heavy (non-hydrogen) atoms. The number of carbonyl (C=O) groups is 1. The zero-order valence-corrected chi connectivity index (χ0v) is 11.1. The summed E-state index contributed by atoms with van der Waals surface area (Å²) in [6.07, 6.45) is -0.0228. The highest BCUT2D eigenvalue weighted by molar-refractivity contribution is 5.99. The fourth-order valence-electron chi connectivity index (χ4n) is 1.53. The van der Waals surface area contributed by atoms with Gasteiger partial charge in [-0.25, -0.2) is 0 Å². The maximum Gasteiger partial charge on any atom is 0.251 e. The van der Waals surface area contributed by atoms with Gasteiger partial charge in [-0.15, -0.1) is 0 Å². The van der Waals surface area contributed by atoms with Gasteiger partial charge < -0.3 is 21.0 Å². The second kappa shape index (κ2) is 7.38. The number of hydrogen-bond donors (Lipinski definition) is 3. The zero-order valence-electron chi connectivity index (χ0n) is 11.1. The molecule has 1 rings (SSSR count). The predicted molar refractivity (Wildman–Crippen MR) is 72.4 cm³/mol. The summed E-state index contributed by atoms with van der Waals surface area (Å²) in [5.41, 5.74) is 6.50. The molecule has 1 aromatic rings. The van der Waals surface area contributed by atoms with E-state index in [2.05, 4.69) is 10.5 Å². The number of benzene rings is 1. The van der Waals surface area contributed by atoms with Crippen LogP contribution in [0.25, 0.3) is 0 Å². The average Bonchev–Trinajstić information content (AvgIpc) is 2.44. The summed E-state index contributed by atoms with van der Waals surface area (Å²) in [7, 11) is 0. The average molecular weight is 265 g/mol. The third kappa shape index (κ3) is 4.59. The van der Waals surface area contributed by atoms with Crippen LogP contribution in [0.4, 0.5) is 0 Å². The van der Waals surface area contributed by atoms with E-state index in [4.69, 9.17) is 15.7 Å². The summed E-state index contributed by atoms with van der Waals surface area (Å²) in [5.74, 6) is -0.172. The second-order valence-corrected chi connectivity index (χ2v) is 4.04. The Morgan fingerprint density at radius 2 is 2.00 bits per heavy atom. The maximum absolute atomic E-state index is 11.8. The van der Waals surface area contributed by atoms with E-state index in [1.807, 2.05) is 13.8 Å². The Kier molecular flexibility index (Phi) is 5.81. The first kappa shape index (κ1) is 15.0. The third-order valence-electron chi connectivity index (χ3n) is 2.55. The molecule has 1 unspecified atom stereocenters. The van der Waals surface area contributed by atoms with Crippen molar-refractivity contribution in [2.24, 2.45) is 10.9 Å². The Morgan fingerprint density at radius 1 is 1.42 bits per heavy atom. The minimum absolute atomic E-state index is 0.0110. The molecular formula is C13H19N3O3. The van der Waals surface area contributed by atoms with Gasteiger partial charge in [0.2, 0.25) is 0 Å². The summed E-state index contributed by atoms with van der Waals surface area (Å²) in [6.45, 7) is 4.87. The van der Waals surface area contributed by atoms with Crippen LogP contribution in [0.2, 0.25) is 0 Å². The minimum atomic E-state index is -0.183. The van der Waals surface area contributed by atoms with Crippen LogP contribution >= 0.6 is 0 Å². The van der Waals surface area contributed by atoms with E-state index in [9.17, 15) is 4.79 Å². The van der Waals surface area contributed by atoms with Gasteiger partial charge in [0, 0.05) is 24.3 Å². The fraction of sp³-hybridized carbons (Fsp3) is 0.385. The zero-order chi connectivity index (χ0) is 14.3. The van der Waals surface area contributed by atoms with Gasteiger partial charge in [-0.2, -0.15) is 0 Å². The first-order valence-electron chi connectivity index (χ1n) is 6.06. The van der Waals surface area contributed by atoms with E-state index in [1.165, 1.54) is 0 Å². The van der Waals surface area contributed by atoms with Gasteiger partial charge in [0.25, 0.3) is 5.91 Å². The molecule has 0 aliphatic carbocycles. The lowest BCUT2D eigenvalue weighted by atomic mass is 10.1. The van der Waals surface area contributed by atoms with Crippen molar-refractivity contribution >= 4 is 11.7 Å². The number of nitrogens with two attached hydrogens (primary N) is 1. The van der Waals surface area contributed by atoms with Crippen molar-refractivity contribution < 1.29 is 14.7 Å². The fourth-order valence-corrected chi connectivity index (χ4v) is 1.53.